The molecule has 0 unspecified atom stereocenters. The number of rotatable bonds is 7. The van der Waals surface area contributed by atoms with Gasteiger partial charge >= 0.3 is 0 Å². The molecule has 1 aromatic heterocycles. The van der Waals surface area contributed by atoms with Crippen LogP contribution in [0.15, 0.2) is 30.5 Å². The molecule has 6 heteroatoms. The Kier molecular flexibility index (Phi) is 6.35. The van der Waals surface area contributed by atoms with Crippen LogP contribution in [0.1, 0.15) is 42.2 Å². The Morgan fingerprint density at radius 3 is 2.83 bits per heavy atom. The predicted molar refractivity (Wildman–Crippen MR) is 93.4 cm³/mol. The third kappa shape index (κ3) is 5.21. The second-order valence-electron chi connectivity index (χ2n) is 5.31. The predicted octanol–water partition coefficient (Wildman–Crippen LogP) is 4.10. The number of aromatic nitrogens is 2. The number of hydrogen-bond donors (Lipinski definition) is 2. The summed E-state index contributed by atoms with van der Waals surface area (Å²) in [5.41, 5.74) is 2.19. The van der Waals surface area contributed by atoms with E-state index in [1.807, 2.05) is 19.1 Å². The van der Waals surface area contributed by atoms with Gasteiger partial charge in [0.1, 0.15) is 5.69 Å². The molecule has 5 nitrogen and oxygen atoms in total. The first kappa shape index (κ1) is 17.2. The number of hydrogen-bond acceptors (Lipinski definition) is 4. The zero-order valence-electron chi connectivity index (χ0n) is 13.4. The Morgan fingerprint density at radius 2 is 2.09 bits per heavy atom. The minimum Gasteiger partial charge on any atom is -0.351 e. The number of unbranched alkanes of at least 4 members (excludes halogenated alkanes) is 2. The minimum absolute atomic E-state index is 0.181. The van der Waals surface area contributed by atoms with E-state index >= 15 is 0 Å². The number of carbonyl (C=O) groups is 1. The van der Waals surface area contributed by atoms with Gasteiger partial charge in [0, 0.05) is 23.5 Å². The summed E-state index contributed by atoms with van der Waals surface area (Å²) in [4.78, 5) is 20.5. The van der Waals surface area contributed by atoms with Gasteiger partial charge < -0.3 is 10.6 Å². The molecule has 0 fully saturated rings. The Labute approximate surface area is 141 Å². The monoisotopic (exact) mass is 332 g/mol. The lowest BCUT2D eigenvalue weighted by atomic mass is 10.2. The van der Waals surface area contributed by atoms with Crippen LogP contribution >= 0.6 is 11.6 Å². The number of anilines is 2. The molecule has 1 heterocycles. The fraction of sp³-hybridized carbons (Fsp3) is 0.353. The molecule has 0 aliphatic rings. The van der Waals surface area contributed by atoms with Gasteiger partial charge in [0.2, 0.25) is 5.95 Å². The highest BCUT2D eigenvalue weighted by molar-refractivity contribution is 6.30. The van der Waals surface area contributed by atoms with Crippen LogP contribution in [0.5, 0.6) is 0 Å². The molecular weight excluding hydrogens is 312 g/mol. The van der Waals surface area contributed by atoms with Crippen LogP contribution in [-0.2, 0) is 0 Å². The molecule has 0 aliphatic carbocycles. The smallest absolute Gasteiger partial charge is 0.270 e. The standard InChI is InChI=1S/C17H21ClN4O/c1-3-4-5-9-19-16(23)15-8-10-20-17(22-15)21-14-7-6-13(18)11-12(14)2/h6-8,10-11H,3-5,9H2,1-2H3,(H,19,23)(H,20,21,22). The fourth-order valence-electron chi connectivity index (χ4n) is 2.10. The van der Waals surface area contributed by atoms with Gasteiger partial charge in [-0.3, -0.25) is 4.79 Å². The molecule has 0 atom stereocenters. The van der Waals surface area contributed by atoms with E-state index < -0.39 is 0 Å². The van der Waals surface area contributed by atoms with Crippen molar-refractivity contribution in [3.8, 4) is 0 Å². The van der Waals surface area contributed by atoms with Crippen molar-refractivity contribution in [3.63, 3.8) is 0 Å². The van der Waals surface area contributed by atoms with Crippen molar-refractivity contribution < 1.29 is 4.79 Å². The van der Waals surface area contributed by atoms with E-state index in [4.69, 9.17) is 11.6 Å². The molecule has 0 spiro atoms. The number of nitrogens with zero attached hydrogens (tertiary/aromatic N) is 2. The average molecular weight is 333 g/mol. The lowest BCUT2D eigenvalue weighted by molar-refractivity contribution is 0.0948. The second kappa shape index (κ2) is 8.48. The van der Waals surface area contributed by atoms with Gasteiger partial charge in [0.05, 0.1) is 0 Å². The summed E-state index contributed by atoms with van der Waals surface area (Å²) in [7, 11) is 0. The molecule has 2 aromatic rings. The third-order valence-electron chi connectivity index (χ3n) is 3.39. The van der Waals surface area contributed by atoms with E-state index in [2.05, 4.69) is 27.5 Å². The Hall–Kier alpha value is -2.14. The minimum atomic E-state index is -0.181. The summed E-state index contributed by atoms with van der Waals surface area (Å²) in [6.07, 6.45) is 4.77. The van der Waals surface area contributed by atoms with Gasteiger partial charge in [-0.25, -0.2) is 9.97 Å². The molecule has 2 rings (SSSR count). The van der Waals surface area contributed by atoms with E-state index in [0.29, 0.717) is 23.2 Å². The van der Waals surface area contributed by atoms with Crippen molar-refractivity contribution in [2.24, 2.45) is 0 Å². The van der Waals surface area contributed by atoms with Gasteiger partial charge in [0.25, 0.3) is 5.91 Å². The molecule has 0 saturated carbocycles. The SMILES string of the molecule is CCCCCNC(=O)c1ccnc(Nc2ccc(Cl)cc2C)n1. The maximum atomic E-state index is 12.1. The van der Waals surface area contributed by atoms with Crippen molar-refractivity contribution in [3.05, 3.63) is 46.7 Å². The zero-order chi connectivity index (χ0) is 16.7. The van der Waals surface area contributed by atoms with Crippen LogP contribution in [-0.4, -0.2) is 22.4 Å². The van der Waals surface area contributed by atoms with Crippen LogP contribution in [0.3, 0.4) is 0 Å². The van der Waals surface area contributed by atoms with E-state index in [9.17, 15) is 4.79 Å². The Bertz CT molecular complexity index is 675. The van der Waals surface area contributed by atoms with Crippen LogP contribution in [0.25, 0.3) is 0 Å². The van der Waals surface area contributed by atoms with Crippen LogP contribution in [0, 0.1) is 6.92 Å². The molecular formula is C17H21ClN4O. The number of aryl methyl sites for hydroxylation is 1. The summed E-state index contributed by atoms with van der Waals surface area (Å²) < 4.78 is 0. The number of halogens is 1. The lowest BCUT2D eigenvalue weighted by Gasteiger charge is -2.09. The second-order valence-corrected chi connectivity index (χ2v) is 5.75. The average Bonchev–Trinajstić information content (AvgIpc) is 2.54. The Morgan fingerprint density at radius 1 is 1.26 bits per heavy atom. The lowest BCUT2D eigenvalue weighted by Crippen LogP contribution is -2.25. The molecule has 0 saturated heterocycles. The number of carbonyl (C=O) groups excluding carboxylic acids is 1. The van der Waals surface area contributed by atoms with Gasteiger partial charge in [-0.2, -0.15) is 0 Å². The fourth-order valence-corrected chi connectivity index (χ4v) is 2.33. The molecule has 0 bridgehead atoms. The first-order chi connectivity index (χ1) is 11.1. The number of nitrogens with one attached hydrogen (secondary N) is 2. The first-order valence-corrected chi connectivity index (χ1v) is 8.12. The topological polar surface area (TPSA) is 66.9 Å². The summed E-state index contributed by atoms with van der Waals surface area (Å²) in [6, 6.07) is 7.11. The van der Waals surface area contributed by atoms with Crippen molar-refractivity contribution in [1.29, 1.82) is 0 Å². The summed E-state index contributed by atoms with van der Waals surface area (Å²) in [6.45, 7) is 4.73. The van der Waals surface area contributed by atoms with E-state index in [-0.39, 0.29) is 5.91 Å². The highest BCUT2D eigenvalue weighted by Gasteiger charge is 2.09. The van der Waals surface area contributed by atoms with E-state index in [1.165, 1.54) is 0 Å². The van der Waals surface area contributed by atoms with Crippen LogP contribution in [0.4, 0.5) is 11.6 Å². The van der Waals surface area contributed by atoms with Gasteiger partial charge in [0.15, 0.2) is 0 Å². The molecule has 1 aromatic carbocycles. The van der Waals surface area contributed by atoms with Gasteiger partial charge in [-0.05, 0) is 43.2 Å². The maximum absolute atomic E-state index is 12.1. The van der Waals surface area contributed by atoms with E-state index in [1.54, 1.807) is 18.3 Å². The molecule has 2 N–H and O–H groups in total. The van der Waals surface area contributed by atoms with Gasteiger partial charge in [-0.1, -0.05) is 31.4 Å². The van der Waals surface area contributed by atoms with Crippen molar-refractivity contribution in [2.75, 3.05) is 11.9 Å². The highest BCUT2D eigenvalue weighted by Crippen LogP contribution is 2.21. The highest BCUT2D eigenvalue weighted by atomic mass is 35.5. The summed E-state index contributed by atoms with van der Waals surface area (Å²) in [5.74, 6) is 0.205. The largest absolute Gasteiger partial charge is 0.351 e. The number of benzene rings is 1. The van der Waals surface area contributed by atoms with Crippen LogP contribution < -0.4 is 10.6 Å². The summed E-state index contributed by atoms with van der Waals surface area (Å²) >= 11 is 5.95. The van der Waals surface area contributed by atoms with Crippen molar-refractivity contribution in [1.82, 2.24) is 15.3 Å². The molecule has 0 aliphatic heterocycles. The molecule has 122 valence electrons. The van der Waals surface area contributed by atoms with Gasteiger partial charge in [-0.15, -0.1) is 0 Å². The maximum Gasteiger partial charge on any atom is 0.270 e. The Balaban J connectivity index is 2.03. The first-order valence-electron chi connectivity index (χ1n) is 7.74. The van der Waals surface area contributed by atoms with E-state index in [0.717, 1.165) is 30.5 Å². The normalized spacial score (nSPS) is 10.4. The quantitative estimate of drug-likeness (QED) is 0.749. The third-order valence-corrected chi connectivity index (χ3v) is 3.62. The van der Waals surface area contributed by atoms with Crippen molar-refractivity contribution in [2.45, 2.75) is 33.1 Å². The van der Waals surface area contributed by atoms with Crippen LogP contribution in [0.2, 0.25) is 5.02 Å². The summed E-state index contributed by atoms with van der Waals surface area (Å²) in [5, 5.41) is 6.65. The zero-order valence-corrected chi connectivity index (χ0v) is 14.2. The molecule has 0 radical (unpaired) electrons. The number of amides is 1. The van der Waals surface area contributed by atoms with Crippen molar-refractivity contribution >= 4 is 29.1 Å². The molecule has 1 amide bonds. The molecule has 23 heavy (non-hydrogen) atoms.